The van der Waals surface area contributed by atoms with Gasteiger partial charge < -0.3 is 20.4 Å². The van der Waals surface area contributed by atoms with Gasteiger partial charge in [-0.1, -0.05) is 0 Å². The van der Waals surface area contributed by atoms with Gasteiger partial charge in [0.25, 0.3) is 0 Å². The fourth-order valence-electron chi connectivity index (χ4n) is 0.183. The van der Waals surface area contributed by atoms with Gasteiger partial charge in [0, 0.05) is 0 Å². The Morgan fingerprint density at radius 3 is 0.733 bits per heavy atom. The zero-order chi connectivity index (χ0) is 11.7. The van der Waals surface area contributed by atoms with Crippen molar-refractivity contribution in [3.63, 3.8) is 0 Å². The first-order valence-electron chi connectivity index (χ1n) is 2.71. The molecule has 0 aliphatic rings. The summed E-state index contributed by atoms with van der Waals surface area (Å²) in [4.78, 5) is 37.3. The van der Waals surface area contributed by atoms with Crippen molar-refractivity contribution in [2.24, 2.45) is 0 Å². The molecule has 0 unspecified atom stereocenters. The molecule has 0 radical (unpaired) electrons. The molecule has 0 atom stereocenters. The fraction of sp³-hybridized carbons (Fsp3) is 0. The highest BCUT2D eigenvalue weighted by molar-refractivity contribution is 7.59. The van der Waals surface area contributed by atoms with Crippen LogP contribution in [0.1, 0.15) is 0 Å². The number of hydrogen-bond donors (Lipinski definition) is 6. The molecule has 0 aromatic heterocycles. The number of imide groups is 2. The standard InChI is InChI=1S/2C2H3NO4.H2S/c2*4-1(5)3-2(6)7;/h2*3H,(H,4,5)(H,6,7);1H2. The van der Waals surface area contributed by atoms with Crippen LogP contribution >= 0.6 is 13.5 Å². The van der Waals surface area contributed by atoms with Crippen molar-refractivity contribution < 1.29 is 39.6 Å². The zero-order valence-corrected chi connectivity index (χ0v) is 7.92. The van der Waals surface area contributed by atoms with Crippen LogP contribution in [0.3, 0.4) is 0 Å². The molecule has 88 valence electrons. The van der Waals surface area contributed by atoms with Gasteiger partial charge >= 0.3 is 24.4 Å². The van der Waals surface area contributed by atoms with Gasteiger partial charge in [0.1, 0.15) is 0 Å². The Bertz CT molecular complexity index is 203. The monoisotopic (exact) mass is 244 g/mol. The van der Waals surface area contributed by atoms with E-state index in [9.17, 15) is 19.2 Å². The molecule has 0 aliphatic heterocycles. The van der Waals surface area contributed by atoms with Gasteiger partial charge in [-0.2, -0.15) is 13.5 Å². The van der Waals surface area contributed by atoms with Crippen LogP contribution < -0.4 is 10.6 Å². The molecule has 10 nitrogen and oxygen atoms in total. The second kappa shape index (κ2) is 9.91. The van der Waals surface area contributed by atoms with Gasteiger partial charge in [-0.3, -0.25) is 0 Å². The van der Waals surface area contributed by atoms with E-state index >= 15 is 0 Å². The predicted octanol–water partition coefficient (Wildman–Crippen LogP) is -0.0232. The summed E-state index contributed by atoms with van der Waals surface area (Å²) in [5.41, 5.74) is 0. The van der Waals surface area contributed by atoms with Crippen LogP contribution in [0.5, 0.6) is 0 Å². The van der Waals surface area contributed by atoms with E-state index in [0.717, 1.165) is 10.6 Å². The van der Waals surface area contributed by atoms with Gasteiger partial charge in [0.15, 0.2) is 0 Å². The molecule has 0 bridgehead atoms. The normalized spacial score (nSPS) is 6.93. The topological polar surface area (TPSA) is 173 Å². The maximum Gasteiger partial charge on any atom is 0.414 e. The molecule has 0 aromatic carbocycles. The minimum atomic E-state index is -1.56. The number of amides is 4. The molecule has 0 rings (SSSR count). The van der Waals surface area contributed by atoms with Crippen LogP contribution in [-0.2, 0) is 0 Å². The number of hydrogen-bond acceptors (Lipinski definition) is 4. The van der Waals surface area contributed by atoms with Gasteiger partial charge in [-0.25, -0.2) is 29.8 Å². The van der Waals surface area contributed by atoms with E-state index in [1.165, 1.54) is 0 Å². The molecular weight excluding hydrogens is 236 g/mol. The minimum Gasteiger partial charge on any atom is -0.465 e. The molecule has 15 heavy (non-hydrogen) atoms. The van der Waals surface area contributed by atoms with Crippen molar-refractivity contribution in [2.75, 3.05) is 0 Å². The van der Waals surface area contributed by atoms with Gasteiger partial charge in [-0.05, 0) is 0 Å². The van der Waals surface area contributed by atoms with Crippen LogP contribution in [0, 0.1) is 0 Å². The lowest BCUT2D eigenvalue weighted by Gasteiger charge is -1.85. The summed E-state index contributed by atoms with van der Waals surface area (Å²) in [6.07, 6.45) is -6.25. The second-order valence-electron chi connectivity index (χ2n) is 1.47. The number of nitrogens with one attached hydrogen (secondary N) is 2. The van der Waals surface area contributed by atoms with E-state index in [2.05, 4.69) is 0 Å². The zero-order valence-electron chi connectivity index (χ0n) is 6.92. The lowest BCUT2D eigenvalue weighted by atomic mass is 11.0. The molecule has 6 N–H and O–H groups in total. The Hall–Kier alpha value is -2.17. The lowest BCUT2D eigenvalue weighted by molar-refractivity contribution is 0.172. The van der Waals surface area contributed by atoms with Crippen LogP contribution in [0.2, 0.25) is 0 Å². The number of rotatable bonds is 0. The first-order chi connectivity index (χ1) is 6.25. The van der Waals surface area contributed by atoms with Crippen molar-refractivity contribution in [3.8, 4) is 0 Å². The molecule has 0 heterocycles. The summed E-state index contributed by atoms with van der Waals surface area (Å²) in [6.45, 7) is 0. The Labute approximate surface area is 89.0 Å². The first-order valence-corrected chi connectivity index (χ1v) is 2.71. The van der Waals surface area contributed by atoms with Gasteiger partial charge in [-0.15, -0.1) is 0 Å². The van der Waals surface area contributed by atoms with Crippen molar-refractivity contribution in [3.05, 3.63) is 0 Å². The van der Waals surface area contributed by atoms with Gasteiger partial charge in [0.05, 0.1) is 0 Å². The highest BCUT2D eigenvalue weighted by Gasteiger charge is 1.97. The third-order valence-electron chi connectivity index (χ3n) is 0.428. The van der Waals surface area contributed by atoms with E-state index in [-0.39, 0.29) is 13.5 Å². The molecule has 0 saturated heterocycles. The Balaban J connectivity index is -0.000000180. The smallest absolute Gasteiger partial charge is 0.414 e. The summed E-state index contributed by atoms with van der Waals surface area (Å²) in [5.74, 6) is 0. The molecule has 0 saturated carbocycles. The highest BCUT2D eigenvalue weighted by atomic mass is 32.1. The van der Waals surface area contributed by atoms with Gasteiger partial charge in [0.2, 0.25) is 0 Å². The van der Waals surface area contributed by atoms with Crippen molar-refractivity contribution in [1.29, 1.82) is 0 Å². The Morgan fingerprint density at radius 1 is 0.600 bits per heavy atom. The SMILES string of the molecule is O=C(O)NC(=O)O.O=C(O)NC(=O)O.S. The fourth-order valence-corrected chi connectivity index (χ4v) is 0.183. The van der Waals surface area contributed by atoms with Crippen molar-refractivity contribution in [1.82, 2.24) is 10.6 Å². The second-order valence-corrected chi connectivity index (χ2v) is 1.47. The molecule has 0 spiro atoms. The third kappa shape index (κ3) is 33.6. The average molecular weight is 244 g/mol. The van der Waals surface area contributed by atoms with E-state index < -0.39 is 24.4 Å². The Morgan fingerprint density at radius 2 is 0.733 bits per heavy atom. The summed E-state index contributed by atoms with van der Waals surface area (Å²) >= 11 is 0. The molecule has 0 aromatic rings. The molecule has 4 amide bonds. The summed E-state index contributed by atoms with van der Waals surface area (Å²) in [5, 5.41) is 32.6. The molecule has 0 fully saturated rings. The van der Waals surface area contributed by atoms with E-state index in [0.29, 0.717) is 0 Å². The number of carboxylic acid groups (broad SMARTS) is 4. The largest absolute Gasteiger partial charge is 0.465 e. The number of carbonyl (C=O) groups is 4. The van der Waals surface area contributed by atoms with E-state index in [1.807, 2.05) is 0 Å². The summed E-state index contributed by atoms with van der Waals surface area (Å²) in [6, 6.07) is 0. The van der Waals surface area contributed by atoms with Crippen LogP contribution in [0.4, 0.5) is 19.2 Å². The molecular formula is C4H8N2O8S. The van der Waals surface area contributed by atoms with Crippen molar-refractivity contribution >= 4 is 37.9 Å². The third-order valence-corrected chi connectivity index (χ3v) is 0.428. The van der Waals surface area contributed by atoms with E-state index in [4.69, 9.17) is 20.4 Å². The minimum absolute atomic E-state index is 0. The average Bonchev–Trinajstić information content (AvgIpc) is 1.79. The van der Waals surface area contributed by atoms with E-state index in [1.54, 1.807) is 0 Å². The van der Waals surface area contributed by atoms with Crippen LogP contribution in [0.25, 0.3) is 0 Å². The van der Waals surface area contributed by atoms with Crippen LogP contribution in [-0.4, -0.2) is 44.8 Å². The summed E-state index contributed by atoms with van der Waals surface area (Å²) in [7, 11) is 0. The molecule has 11 heteroatoms. The quantitative estimate of drug-likeness (QED) is 0.344. The van der Waals surface area contributed by atoms with Crippen LogP contribution in [0.15, 0.2) is 0 Å². The summed E-state index contributed by atoms with van der Waals surface area (Å²) < 4.78 is 0. The Kier molecular flexibility index (Phi) is 12.3. The molecule has 0 aliphatic carbocycles. The predicted molar refractivity (Wildman–Crippen MR) is 48.8 cm³/mol. The highest BCUT2D eigenvalue weighted by Crippen LogP contribution is 1.59. The maximum absolute atomic E-state index is 9.32. The lowest BCUT2D eigenvalue weighted by Crippen LogP contribution is -2.26. The maximum atomic E-state index is 9.32. The van der Waals surface area contributed by atoms with Crippen molar-refractivity contribution in [2.45, 2.75) is 0 Å². The first kappa shape index (κ1) is 18.6.